The fraction of sp³-hybridized carbons (Fsp3) is 0.179. The van der Waals surface area contributed by atoms with Gasteiger partial charge in [0.25, 0.3) is 11.5 Å². The minimum absolute atomic E-state index is 0.100. The number of esters is 1. The van der Waals surface area contributed by atoms with Crippen LogP contribution in [0.25, 0.3) is 21.9 Å². The lowest BCUT2D eigenvalue weighted by molar-refractivity contribution is -0.123. The fourth-order valence-electron chi connectivity index (χ4n) is 3.93. The van der Waals surface area contributed by atoms with Gasteiger partial charge in [-0.25, -0.2) is 4.79 Å². The second-order valence-electron chi connectivity index (χ2n) is 8.35. The van der Waals surface area contributed by atoms with Crippen molar-refractivity contribution in [1.29, 1.82) is 0 Å². The maximum atomic E-state index is 13.4. The van der Waals surface area contributed by atoms with Crippen molar-refractivity contribution in [3.05, 3.63) is 100.0 Å². The van der Waals surface area contributed by atoms with Crippen LogP contribution in [0.2, 0.25) is 0 Å². The molecule has 1 N–H and O–H groups in total. The molecule has 1 heterocycles. The zero-order valence-electron chi connectivity index (χ0n) is 19.6. The summed E-state index contributed by atoms with van der Waals surface area (Å²) in [6.07, 6.45) is -1.07. The standard InChI is InChI=1S/C28H26N2O4/c1-17-13-15-20(16-14-17)24-21-10-6-7-11-22(21)27(32)30(4)25(24)28(33)34-19(3)26(31)29-23-12-8-5-9-18(23)2/h5-16,19H,1-4H3,(H,29,31). The largest absolute Gasteiger partial charge is 0.448 e. The third kappa shape index (κ3) is 4.35. The topological polar surface area (TPSA) is 77.4 Å². The van der Waals surface area contributed by atoms with Crippen LogP contribution in [0.4, 0.5) is 5.69 Å². The van der Waals surface area contributed by atoms with Gasteiger partial charge in [0.05, 0.1) is 0 Å². The Morgan fingerprint density at radius 3 is 2.18 bits per heavy atom. The number of carbonyl (C=O) groups is 2. The molecule has 0 aliphatic rings. The molecule has 0 fully saturated rings. The van der Waals surface area contributed by atoms with E-state index in [2.05, 4.69) is 5.32 Å². The van der Waals surface area contributed by atoms with Crippen molar-refractivity contribution in [2.45, 2.75) is 26.9 Å². The number of anilines is 1. The lowest BCUT2D eigenvalue weighted by atomic mass is 9.96. The Hall–Kier alpha value is -4.19. The van der Waals surface area contributed by atoms with Gasteiger partial charge in [-0.3, -0.25) is 9.59 Å². The summed E-state index contributed by atoms with van der Waals surface area (Å²) in [6, 6.07) is 22.2. The first-order valence-electron chi connectivity index (χ1n) is 11.0. The molecule has 1 aromatic heterocycles. The van der Waals surface area contributed by atoms with Crippen molar-refractivity contribution in [1.82, 2.24) is 4.57 Å². The minimum Gasteiger partial charge on any atom is -0.448 e. The molecule has 0 aliphatic heterocycles. The highest BCUT2D eigenvalue weighted by Crippen LogP contribution is 2.31. The lowest BCUT2D eigenvalue weighted by Gasteiger charge is -2.19. The highest BCUT2D eigenvalue weighted by atomic mass is 16.5. The number of benzene rings is 3. The molecular formula is C28H26N2O4. The Balaban J connectivity index is 1.75. The van der Waals surface area contributed by atoms with E-state index in [9.17, 15) is 14.4 Å². The van der Waals surface area contributed by atoms with Crippen LogP contribution in [0.15, 0.2) is 77.6 Å². The summed E-state index contributed by atoms with van der Waals surface area (Å²) < 4.78 is 6.87. The van der Waals surface area contributed by atoms with Gasteiger partial charge in [-0.1, -0.05) is 66.2 Å². The number of nitrogens with one attached hydrogen (secondary N) is 1. The normalized spacial score (nSPS) is 11.8. The Labute approximate surface area is 197 Å². The summed E-state index contributed by atoms with van der Waals surface area (Å²) in [5.74, 6) is -1.20. The highest BCUT2D eigenvalue weighted by molar-refractivity contribution is 6.07. The molecule has 3 aromatic carbocycles. The number of hydrogen-bond acceptors (Lipinski definition) is 4. The van der Waals surface area contributed by atoms with Gasteiger partial charge in [0.1, 0.15) is 5.69 Å². The number of ether oxygens (including phenoxy) is 1. The molecule has 6 heteroatoms. The van der Waals surface area contributed by atoms with Gasteiger partial charge in [0.2, 0.25) is 0 Å². The van der Waals surface area contributed by atoms with E-state index in [-0.39, 0.29) is 11.3 Å². The van der Waals surface area contributed by atoms with Gasteiger partial charge in [0.15, 0.2) is 6.10 Å². The van der Waals surface area contributed by atoms with Crippen LogP contribution in [0, 0.1) is 13.8 Å². The second kappa shape index (κ2) is 9.35. The van der Waals surface area contributed by atoms with Gasteiger partial charge < -0.3 is 14.6 Å². The van der Waals surface area contributed by atoms with Crippen LogP contribution >= 0.6 is 0 Å². The van der Waals surface area contributed by atoms with Crippen LogP contribution < -0.4 is 10.9 Å². The maximum Gasteiger partial charge on any atom is 0.356 e. The summed E-state index contributed by atoms with van der Waals surface area (Å²) in [6.45, 7) is 5.37. The fourth-order valence-corrected chi connectivity index (χ4v) is 3.93. The van der Waals surface area contributed by atoms with E-state index in [1.54, 1.807) is 25.2 Å². The number of rotatable bonds is 5. The van der Waals surface area contributed by atoms with Crippen LogP contribution in [0.1, 0.15) is 28.5 Å². The summed E-state index contributed by atoms with van der Waals surface area (Å²) in [5.41, 5.74) is 3.78. The summed E-state index contributed by atoms with van der Waals surface area (Å²) in [7, 11) is 1.54. The predicted molar refractivity (Wildman–Crippen MR) is 134 cm³/mol. The molecule has 0 saturated carbocycles. The summed E-state index contributed by atoms with van der Waals surface area (Å²) >= 11 is 0. The number of aryl methyl sites for hydroxylation is 2. The van der Waals surface area contributed by atoms with Gasteiger partial charge in [-0.15, -0.1) is 0 Å². The second-order valence-corrected chi connectivity index (χ2v) is 8.35. The van der Waals surface area contributed by atoms with Crippen LogP contribution in [0.5, 0.6) is 0 Å². The number of hydrogen-bond donors (Lipinski definition) is 1. The van der Waals surface area contributed by atoms with Crippen LogP contribution in [-0.4, -0.2) is 22.5 Å². The Kier molecular flexibility index (Phi) is 6.32. The number of pyridine rings is 1. The molecule has 1 amide bonds. The van der Waals surface area contributed by atoms with Crippen molar-refractivity contribution < 1.29 is 14.3 Å². The van der Waals surface area contributed by atoms with E-state index in [4.69, 9.17) is 4.74 Å². The highest BCUT2D eigenvalue weighted by Gasteiger charge is 2.26. The number of amides is 1. The molecule has 6 nitrogen and oxygen atoms in total. The van der Waals surface area contributed by atoms with E-state index in [1.165, 1.54) is 11.5 Å². The molecular weight excluding hydrogens is 428 g/mol. The van der Waals surface area contributed by atoms with E-state index >= 15 is 0 Å². The molecule has 172 valence electrons. The molecule has 0 spiro atoms. The number of para-hydroxylation sites is 1. The molecule has 4 aromatic rings. The first kappa shape index (κ1) is 23.0. The minimum atomic E-state index is -1.07. The molecule has 0 radical (unpaired) electrons. The van der Waals surface area contributed by atoms with Crippen molar-refractivity contribution in [3.63, 3.8) is 0 Å². The summed E-state index contributed by atoms with van der Waals surface area (Å²) in [5, 5.41) is 3.94. The number of carbonyl (C=O) groups excluding carboxylic acids is 2. The van der Waals surface area contributed by atoms with E-state index < -0.39 is 18.0 Å². The average molecular weight is 455 g/mol. The Bertz CT molecular complexity index is 1450. The molecule has 4 rings (SSSR count). The third-order valence-corrected chi connectivity index (χ3v) is 5.89. The SMILES string of the molecule is Cc1ccc(-c2c(C(=O)OC(C)C(=O)Nc3ccccc3C)n(C)c(=O)c3ccccc23)cc1. The average Bonchev–Trinajstić information content (AvgIpc) is 2.83. The van der Waals surface area contributed by atoms with Crippen molar-refractivity contribution in [2.75, 3.05) is 5.32 Å². The van der Waals surface area contributed by atoms with Crippen molar-refractivity contribution in [3.8, 4) is 11.1 Å². The van der Waals surface area contributed by atoms with E-state index in [1.807, 2.05) is 68.4 Å². The number of fused-ring (bicyclic) bond motifs is 1. The van der Waals surface area contributed by atoms with Crippen molar-refractivity contribution in [2.24, 2.45) is 7.05 Å². The van der Waals surface area contributed by atoms with Crippen molar-refractivity contribution >= 4 is 28.3 Å². The number of aromatic nitrogens is 1. The Morgan fingerprint density at radius 1 is 0.882 bits per heavy atom. The molecule has 0 bridgehead atoms. The predicted octanol–water partition coefficient (Wildman–Crippen LogP) is 5.01. The number of nitrogens with zero attached hydrogens (tertiary/aromatic N) is 1. The molecule has 34 heavy (non-hydrogen) atoms. The monoisotopic (exact) mass is 454 g/mol. The first-order valence-corrected chi connectivity index (χ1v) is 11.0. The van der Waals surface area contributed by atoms with Gasteiger partial charge in [-0.05, 0) is 49.4 Å². The molecule has 0 aliphatic carbocycles. The van der Waals surface area contributed by atoms with Gasteiger partial charge in [-0.2, -0.15) is 0 Å². The Morgan fingerprint density at radius 2 is 1.50 bits per heavy atom. The third-order valence-electron chi connectivity index (χ3n) is 5.89. The van der Waals surface area contributed by atoms with E-state index in [0.29, 0.717) is 22.0 Å². The van der Waals surface area contributed by atoms with E-state index in [0.717, 1.165) is 16.7 Å². The first-order chi connectivity index (χ1) is 16.3. The summed E-state index contributed by atoms with van der Waals surface area (Å²) in [4.78, 5) is 39.2. The van der Waals surface area contributed by atoms with Crippen LogP contribution in [-0.2, 0) is 16.6 Å². The van der Waals surface area contributed by atoms with Gasteiger partial charge in [0, 0.05) is 23.7 Å². The molecule has 1 atom stereocenters. The lowest BCUT2D eigenvalue weighted by Crippen LogP contribution is -2.33. The zero-order valence-corrected chi connectivity index (χ0v) is 19.6. The smallest absolute Gasteiger partial charge is 0.356 e. The van der Waals surface area contributed by atoms with Gasteiger partial charge >= 0.3 is 5.97 Å². The quantitative estimate of drug-likeness (QED) is 0.430. The van der Waals surface area contributed by atoms with Crippen LogP contribution in [0.3, 0.4) is 0 Å². The maximum absolute atomic E-state index is 13.4. The molecule has 0 saturated heterocycles. The zero-order chi connectivity index (χ0) is 24.4. The molecule has 1 unspecified atom stereocenters.